The highest BCUT2D eigenvalue weighted by atomic mass is 16.5. The van der Waals surface area contributed by atoms with Crippen LogP contribution in [-0.4, -0.2) is 32.5 Å². The average Bonchev–Trinajstić information content (AvgIpc) is 3.03. The Morgan fingerprint density at radius 2 is 2.29 bits per heavy atom. The second-order valence-corrected chi connectivity index (χ2v) is 5.58. The topological polar surface area (TPSA) is 39.7 Å². The highest BCUT2D eigenvalue weighted by molar-refractivity contribution is 5.46. The summed E-state index contributed by atoms with van der Waals surface area (Å²) in [5.41, 5.74) is 1.13. The number of hydrogen-bond acceptors (Lipinski definition) is 4. The molecular formula is C17H27NO3. The van der Waals surface area contributed by atoms with Gasteiger partial charge in [0.2, 0.25) is 0 Å². The van der Waals surface area contributed by atoms with Gasteiger partial charge in [0.25, 0.3) is 0 Å². The van der Waals surface area contributed by atoms with Crippen molar-refractivity contribution in [1.29, 1.82) is 0 Å². The van der Waals surface area contributed by atoms with E-state index in [4.69, 9.17) is 14.2 Å². The number of benzene rings is 1. The lowest BCUT2D eigenvalue weighted by Crippen LogP contribution is -2.25. The highest BCUT2D eigenvalue weighted by Crippen LogP contribution is 2.31. The Bertz CT molecular complexity index is 430. The molecule has 0 radical (unpaired) electrons. The van der Waals surface area contributed by atoms with Gasteiger partial charge in [0, 0.05) is 24.8 Å². The van der Waals surface area contributed by atoms with Gasteiger partial charge in [-0.05, 0) is 32.3 Å². The summed E-state index contributed by atoms with van der Waals surface area (Å²) in [7, 11) is 1.68. The summed E-state index contributed by atoms with van der Waals surface area (Å²) < 4.78 is 17.1. The van der Waals surface area contributed by atoms with Crippen LogP contribution in [0.5, 0.6) is 11.5 Å². The molecule has 4 heteroatoms. The normalized spacial score (nSPS) is 19.5. The van der Waals surface area contributed by atoms with Crippen molar-refractivity contribution >= 4 is 0 Å². The Labute approximate surface area is 127 Å². The molecule has 0 spiro atoms. The number of para-hydroxylation sites is 1. The third-order valence-electron chi connectivity index (χ3n) is 3.97. The minimum absolute atomic E-state index is 0.213. The molecule has 21 heavy (non-hydrogen) atoms. The first-order valence-corrected chi connectivity index (χ1v) is 7.88. The van der Waals surface area contributed by atoms with E-state index in [1.807, 2.05) is 12.1 Å². The van der Waals surface area contributed by atoms with Crippen LogP contribution in [0.2, 0.25) is 0 Å². The fourth-order valence-corrected chi connectivity index (χ4v) is 2.41. The van der Waals surface area contributed by atoms with Gasteiger partial charge in [-0.1, -0.05) is 19.1 Å². The van der Waals surface area contributed by atoms with E-state index in [0.29, 0.717) is 12.6 Å². The maximum atomic E-state index is 6.02. The molecule has 1 aliphatic rings. The van der Waals surface area contributed by atoms with Crippen LogP contribution in [0.4, 0.5) is 0 Å². The Morgan fingerprint density at radius 1 is 1.43 bits per heavy atom. The molecule has 1 heterocycles. The maximum absolute atomic E-state index is 6.02. The van der Waals surface area contributed by atoms with Crippen LogP contribution in [0.15, 0.2) is 18.2 Å². The van der Waals surface area contributed by atoms with E-state index in [1.54, 1.807) is 7.11 Å². The average molecular weight is 293 g/mol. The first-order chi connectivity index (χ1) is 10.2. The molecule has 2 atom stereocenters. The first-order valence-electron chi connectivity index (χ1n) is 7.88. The molecule has 1 aromatic carbocycles. The zero-order chi connectivity index (χ0) is 15.1. The van der Waals surface area contributed by atoms with Gasteiger partial charge in [-0.15, -0.1) is 0 Å². The van der Waals surface area contributed by atoms with Crippen molar-refractivity contribution in [3.05, 3.63) is 23.8 Å². The second kappa shape index (κ2) is 8.25. The van der Waals surface area contributed by atoms with E-state index in [2.05, 4.69) is 25.2 Å². The molecule has 0 aromatic heterocycles. The van der Waals surface area contributed by atoms with Crippen molar-refractivity contribution in [1.82, 2.24) is 5.32 Å². The minimum Gasteiger partial charge on any atom is -0.493 e. The zero-order valence-electron chi connectivity index (χ0n) is 13.4. The van der Waals surface area contributed by atoms with E-state index < -0.39 is 0 Å². The molecule has 2 unspecified atom stereocenters. The fourth-order valence-electron chi connectivity index (χ4n) is 2.41. The van der Waals surface area contributed by atoms with Crippen LogP contribution in [0.1, 0.15) is 38.7 Å². The molecule has 1 aliphatic heterocycles. The lowest BCUT2D eigenvalue weighted by Gasteiger charge is -2.19. The van der Waals surface area contributed by atoms with Crippen molar-refractivity contribution < 1.29 is 14.2 Å². The number of hydrogen-bond donors (Lipinski definition) is 1. The largest absolute Gasteiger partial charge is 0.493 e. The molecule has 1 fully saturated rings. The Hall–Kier alpha value is -1.26. The van der Waals surface area contributed by atoms with E-state index >= 15 is 0 Å². The molecule has 4 nitrogen and oxygen atoms in total. The number of rotatable bonds is 8. The predicted molar refractivity (Wildman–Crippen MR) is 84.1 cm³/mol. The zero-order valence-corrected chi connectivity index (χ0v) is 13.4. The molecule has 1 aromatic rings. The molecule has 0 saturated carbocycles. The van der Waals surface area contributed by atoms with Gasteiger partial charge in [0.05, 0.1) is 13.2 Å². The summed E-state index contributed by atoms with van der Waals surface area (Å²) in [5, 5.41) is 3.50. The number of methoxy groups -OCH3 is 1. The fraction of sp³-hybridized carbons (Fsp3) is 0.647. The van der Waals surface area contributed by atoms with Crippen LogP contribution in [0, 0.1) is 0 Å². The maximum Gasteiger partial charge on any atom is 0.165 e. The lowest BCUT2D eigenvalue weighted by atomic mass is 10.1. The van der Waals surface area contributed by atoms with E-state index in [9.17, 15) is 0 Å². The van der Waals surface area contributed by atoms with Crippen molar-refractivity contribution in [2.24, 2.45) is 0 Å². The van der Waals surface area contributed by atoms with Crippen molar-refractivity contribution in [3.63, 3.8) is 0 Å². The van der Waals surface area contributed by atoms with Gasteiger partial charge in [0.15, 0.2) is 11.5 Å². The summed E-state index contributed by atoms with van der Waals surface area (Å²) in [6.07, 6.45) is 3.53. The lowest BCUT2D eigenvalue weighted by molar-refractivity contribution is 0.0665. The number of ether oxygens (including phenoxy) is 3. The summed E-state index contributed by atoms with van der Waals surface area (Å²) in [6.45, 7) is 6.59. The Kier molecular flexibility index (Phi) is 6.33. The molecular weight excluding hydrogens is 266 g/mol. The smallest absolute Gasteiger partial charge is 0.165 e. The first kappa shape index (κ1) is 16.1. The molecule has 2 rings (SSSR count). The van der Waals surface area contributed by atoms with Crippen LogP contribution in [-0.2, 0) is 11.3 Å². The summed E-state index contributed by atoms with van der Waals surface area (Å²) in [4.78, 5) is 0. The van der Waals surface area contributed by atoms with Gasteiger partial charge in [-0.3, -0.25) is 0 Å². The summed E-state index contributed by atoms with van der Waals surface area (Å²) in [5.74, 6) is 1.63. The molecule has 118 valence electrons. The Morgan fingerprint density at radius 3 is 2.95 bits per heavy atom. The van der Waals surface area contributed by atoms with Gasteiger partial charge in [0.1, 0.15) is 6.61 Å². The third-order valence-corrected chi connectivity index (χ3v) is 3.97. The predicted octanol–water partition coefficient (Wildman–Crippen LogP) is 3.14. The van der Waals surface area contributed by atoms with Gasteiger partial charge >= 0.3 is 0 Å². The molecule has 0 amide bonds. The standard InChI is InChI=1S/C17H27NO3/c1-4-13(2)18-11-14-7-5-9-16(19-3)17(14)21-12-15-8-6-10-20-15/h5,7,9,13,15,18H,4,6,8,10-12H2,1-3H3. The van der Waals surface area contributed by atoms with E-state index in [-0.39, 0.29) is 6.10 Å². The summed E-state index contributed by atoms with van der Waals surface area (Å²) in [6, 6.07) is 6.52. The number of nitrogens with one attached hydrogen (secondary N) is 1. The van der Waals surface area contributed by atoms with E-state index in [0.717, 1.165) is 49.5 Å². The molecule has 1 saturated heterocycles. The monoisotopic (exact) mass is 293 g/mol. The van der Waals surface area contributed by atoms with E-state index in [1.165, 1.54) is 0 Å². The third kappa shape index (κ3) is 4.61. The van der Waals surface area contributed by atoms with Gasteiger partial charge in [-0.25, -0.2) is 0 Å². The molecule has 0 aliphatic carbocycles. The SMILES string of the molecule is CCC(C)NCc1cccc(OC)c1OCC1CCCO1. The van der Waals surface area contributed by atoms with Crippen LogP contribution >= 0.6 is 0 Å². The minimum atomic E-state index is 0.213. The van der Waals surface area contributed by atoms with Crippen molar-refractivity contribution in [2.45, 2.75) is 51.8 Å². The van der Waals surface area contributed by atoms with Crippen molar-refractivity contribution in [2.75, 3.05) is 20.3 Å². The van der Waals surface area contributed by atoms with Crippen LogP contribution in [0.25, 0.3) is 0 Å². The molecule has 1 N–H and O–H groups in total. The van der Waals surface area contributed by atoms with Crippen LogP contribution in [0.3, 0.4) is 0 Å². The molecule has 0 bridgehead atoms. The van der Waals surface area contributed by atoms with Gasteiger partial charge < -0.3 is 19.5 Å². The summed E-state index contributed by atoms with van der Waals surface area (Å²) >= 11 is 0. The second-order valence-electron chi connectivity index (χ2n) is 5.58. The highest BCUT2D eigenvalue weighted by Gasteiger charge is 2.18. The Balaban J connectivity index is 2.03. The quantitative estimate of drug-likeness (QED) is 0.799. The van der Waals surface area contributed by atoms with Crippen LogP contribution < -0.4 is 14.8 Å². The van der Waals surface area contributed by atoms with Crippen molar-refractivity contribution in [3.8, 4) is 11.5 Å². The van der Waals surface area contributed by atoms with Gasteiger partial charge in [-0.2, -0.15) is 0 Å².